The highest BCUT2D eigenvalue weighted by Gasteiger charge is 2.26. The van der Waals surface area contributed by atoms with Gasteiger partial charge in [0.1, 0.15) is 5.82 Å². The lowest BCUT2D eigenvalue weighted by Crippen LogP contribution is -2.52. The van der Waals surface area contributed by atoms with Gasteiger partial charge in [-0.25, -0.2) is 4.39 Å². The highest BCUT2D eigenvalue weighted by molar-refractivity contribution is 5.26. The van der Waals surface area contributed by atoms with Gasteiger partial charge in [0.15, 0.2) is 0 Å². The van der Waals surface area contributed by atoms with Crippen molar-refractivity contribution >= 4 is 0 Å². The number of aryl methyl sites for hydroxylation is 1. The Balaban J connectivity index is 2.17. The first-order valence-corrected chi connectivity index (χ1v) is 6.93. The summed E-state index contributed by atoms with van der Waals surface area (Å²) in [5, 5.41) is 0. The van der Waals surface area contributed by atoms with Crippen LogP contribution in [0.5, 0.6) is 0 Å². The third kappa shape index (κ3) is 3.14. The van der Waals surface area contributed by atoms with Gasteiger partial charge in [-0.05, 0) is 38.1 Å². The van der Waals surface area contributed by atoms with E-state index in [1.165, 1.54) is 0 Å². The van der Waals surface area contributed by atoms with Crippen molar-refractivity contribution in [3.05, 3.63) is 35.1 Å². The second-order valence-corrected chi connectivity index (χ2v) is 5.58. The van der Waals surface area contributed by atoms with Crippen molar-refractivity contribution in [2.75, 3.05) is 33.2 Å². The lowest BCUT2D eigenvalue weighted by atomic mass is 10.0. The molecule has 1 heterocycles. The van der Waals surface area contributed by atoms with E-state index < -0.39 is 0 Å². The van der Waals surface area contributed by atoms with Crippen molar-refractivity contribution in [2.24, 2.45) is 5.73 Å². The lowest BCUT2D eigenvalue weighted by molar-refractivity contribution is 0.0740. The molecular formula is C15H24FN3. The minimum absolute atomic E-state index is 0.117. The zero-order chi connectivity index (χ0) is 14.0. The summed E-state index contributed by atoms with van der Waals surface area (Å²) in [5.74, 6) is -0.141. The van der Waals surface area contributed by atoms with Gasteiger partial charge in [0, 0.05) is 38.3 Å². The molecule has 3 nitrogen and oxygen atoms in total. The van der Waals surface area contributed by atoms with Gasteiger partial charge in [0.2, 0.25) is 0 Å². The Morgan fingerprint density at radius 2 is 2.16 bits per heavy atom. The molecule has 2 atom stereocenters. The predicted octanol–water partition coefficient (Wildman–Crippen LogP) is 1.77. The smallest absolute Gasteiger partial charge is 0.126 e. The number of hydrogen-bond acceptors (Lipinski definition) is 3. The molecule has 0 amide bonds. The summed E-state index contributed by atoms with van der Waals surface area (Å²) in [6.45, 7) is 7.53. The largest absolute Gasteiger partial charge is 0.329 e. The maximum atomic E-state index is 13.7. The molecule has 0 bridgehead atoms. The van der Waals surface area contributed by atoms with E-state index >= 15 is 0 Å². The van der Waals surface area contributed by atoms with Crippen molar-refractivity contribution in [3.63, 3.8) is 0 Å². The van der Waals surface area contributed by atoms with Crippen LogP contribution in [0, 0.1) is 12.7 Å². The minimum atomic E-state index is -0.141. The first-order valence-electron chi connectivity index (χ1n) is 6.93. The van der Waals surface area contributed by atoms with Gasteiger partial charge in [0.05, 0.1) is 0 Å². The third-order valence-electron chi connectivity index (χ3n) is 4.24. The summed E-state index contributed by atoms with van der Waals surface area (Å²) in [6, 6.07) is 6.10. The Kier molecular flexibility index (Phi) is 4.55. The second kappa shape index (κ2) is 5.99. The van der Waals surface area contributed by atoms with Crippen LogP contribution >= 0.6 is 0 Å². The fraction of sp³-hybridized carbons (Fsp3) is 0.600. The Morgan fingerprint density at radius 3 is 2.74 bits per heavy atom. The maximum absolute atomic E-state index is 13.7. The highest BCUT2D eigenvalue weighted by Crippen LogP contribution is 2.24. The SMILES string of the molecule is Cc1ccc(C(CN)N2CCN(C)C(C)C2)cc1F. The van der Waals surface area contributed by atoms with Crippen LogP contribution in [0.15, 0.2) is 18.2 Å². The Morgan fingerprint density at radius 1 is 1.42 bits per heavy atom. The molecule has 1 fully saturated rings. The Hall–Kier alpha value is -0.970. The number of nitrogens with zero attached hydrogens (tertiary/aromatic N) is 2. The molecule has 2 unspecified atom stereocenters. The van der Waals surface area contributed by atoms with Crippen molar-refractivity contribution < 1.29 is 4.39 Å². The first-order chi connectivity index (χ1) is 9.02. The fourth-order valence-corrected chi connectivity index (χ4v) is 2.67. The van der Waals surface area contributed by atoms with Crippen molar-refractivity contribution in [3.8, 4) is 0 Å². The van der Waals surface area contributed by atoms with E-state index in [1.54, 1.807) is 13.0 Å². The van der Waals surface area contributed by atoms with Crippen LogP contribution in [-0.2, 0) is 0 Å². The quantitative estimate of drug-likeness (QED) is 0.904. The summed E-state index contributed by atoms with van der Waals surface area (Å²) in [4.78, 5) is 4.72. The topological polar surface area (TPSA) is 32.5 Å². The van der Waals surface area contributed by atoms with E-state index in [0.29, 0.717) is 18.2 Å². The molecule has 1 aliphatic heterocycles. The van der Waals surface area contributed by atoms with Gasteiger partial charge in [0.25, 0.3) is 0 Å². The van der Waals surface area contributed by atoms with E-state index in [0.717, 1.165) is 25.2 Å². The number of benzene rings is 1. The summed E-state index contributed by atoms with van der Waals surface area (Å²) in [7, 11) is 2.14. The van der Waals surface area contributed by atoms with Gasteiger partial charge in [-0.15, -0.1) is 0 Å². The van der Waals surface area contributed by atoms with Crippen LogP contribution in [0.1, 0.15) is 24.1 Å². The zero-order valence-electron chi connectivity index (χ0n) is 12.1. The molecule has 4 heteroatoms. The lowest BCUT2D eigenvalue weighted by Gasteiger charge is -2.41. The molecule has 0 spiro atoms. The van der Waals surface area contributed by atoms with Crippen molar-refractivity contribution in [1.29, 1.82) is 0 Å². The van der Waals surface area contributed by atoms with Gasteiger partial charge in [-0.3, -0.25) is 4.90 Å². The standard InChI is InChI=1S/C15H24FN3/c1-11-4-5-13(8-14(11)16)15(9-17)19-7-6-18(3)12(2)10-19/h4-5,8,12,15H,6-7,9-10,17H2,1-3H3. The zero-order valence-corrected chi connectivity index (χ0v) is 12.1. The number of likely N-dealkylation sites (N-methyl/N-ethyl adjacent to an activating group) is 1. The number of halogens is 1. The number of piperazine rings is 1. The number of nitrogens with two attached hydrogens (primary N) is 1. The van der Waals surface area contributed by atoms with Crippen LogP contribution in [0.3, 0.4) is 0 Å². The van der Waals surface area contributed by atoms with Gasteiger partial charge in [-0.2, -0.15) is 0 Å². The van der Waals surface area contributed by atoms with Crippen LogP contribution in [0.4, 0.5) is 4.39 Å². The molecule has 2 rings (SSSR count). The fourth-order valence-electron chi connectivity index (χ4n) is 2.67. The first kappa shape index (κ1) is 14.4. The maximum Gasteiger partial charge on any atom is 0.126 e. The molecule has 1 aliphatic rings. The minimum Gasteiger partial charge on any atom is -0.329 e. The molecular weight excluding hydrogens is 241 g/mol. The van der Waals surface area contributed by atoms with E-state index in [9.17, 15) is 4.39 Å². The van der Waals surface area contributed by atoms with Crippen molar-refractivity contribution in [1.82, 2.24) is 9.80 Å². The molecule has 0 radical (unpaired) electrons. The Labute approximate surface area is 115 Å². The molecule has 2 N–H and O–H groups in total. The molecule has 106 valence electrons. The molecule has 1 aromatic rings. The molecule has 19 heavy (non-hydrogen) atoms. The summed E-state index contributed by atoms with van der Waals surface area (Å²) < 4.78 is 13.7. The van der Waals surface area contributed by atoms with E-state index in [1.807, 2.05) is 12.1 Å². The van der Waals surface area contributed by atoms with Gasteiger partial charge in [-0.1, -0.05) is 12.1 Å². The summed E-state index contributed by atoms with van der Waals surface area (Å²) in [6.07, 6.45) is 0. The van der Waals surface area contributed by atoms with Crippen LogP contribution in [0.25, 0.3) is 0 Å². The van der Waals surface area contributed by atoms with E-state index in [4.69, 9.17) is 5.73 Å². The van der Waals surface area contributed by atoms with E-state index in [-0.39, 0.29) is 11.9 Å². The average Bonchev–Trinajstić information content (AvgIpc) is 2.39. The number of rotatable bonds is 3. The number of hydrogen-bond donors (Lipinski definition) is 1. The molecule has 0 aromatic heterocycles. The Bertz CT molecular complexity index is 435. The molecule has 0 saturated carbocycles. The third-order valence-corrected chi connectivity index (χ3v) is 4.24. The van der Waals surface area contributed by atoms with Crippen LogP contribution in [0.2, 0.25) is 0 Å². The predicted molar refractivity (Wildman–Crippen MR) is 76.6 cm³/mol. The molecule has 1 aromatic carbocycles. The summed E-state index contributed by atoms with van der Waals surface area (Å²) >= 11 is 0. The van der Waals surface area contributed by atoms with Crippen molar-refractivity contribution in [2.45, 2.75) is 25.9 Å². The van der Waals surface area contributed by atoms with Crippen LogP contribution in [-0.4, -0.2) is 49.1 Å². The molecule has 1 saturated heterocycles. The molecule has 0 aliphatic carbocycles. The van der Waals surface area contributed by atoms with Gasteiger partial charge >= 0.3 is 0 Å². The van der Waals surface area contributed by atoms with Crippen LogP contribution < -0.4 is 5.73 Å². The van der Waals surface area contributed by atoms with Gasteiger partial charge < -0.3 is 10.6 Å². The second-order valence-electron chi connectivity index (χ2n) is 5.58. The highest BCUT2D eigenvalue weighted by atomic mass is 19.1. The average molecular weight is 265 g/mol. The summed E-state index contributed by atoms with van der Waals surface area (Å²) in [5.41, 5.74) is 7.60. The van der Waals surface area contributed by atoms with E-state index in [2.05, 4.69) is 23.8 Å². The normalized spacial score (nSPS) is 23.5. The monoisotopic (exact) mass is 265 g/mol.